The average Bonchev–Trinajstić information content (AvgIpc) is 3.88. The number of nitrogens with zero attached hydrogens (tertiary/aromatic N) is 4. The van der Waals surface area contributed by atoms with E-state index >= 15 is 8.78 Å². The van der Waals surface area contributed by atoms with E-state index in [4.69, 9.17) is 9.72 Å². The maximum Gasteiger partial charge on any atom is 2.00 e. The molecule has 9 aromatic rings. The monoisotopic (exact) mass is 1150 g/mol. The van der Waals surface area contributed by atoms with Gasteiger partial charge in [-0.3, -0.25) is 0 Å². The van der Waals surface area contributed by atoms with Crippen LogP contribution in [0.2, 0.25) is 0 Å². The fraction of sp³-hybridized carbons (Fsp3) is 0.262. The molecule has 8 heteroatoms. The third-order valence-corrected chi connectivity index (χ3v) is 13.8. The van der Waals surface area contributed by atoms with E-state index in [2.05, 4.69) is 153 Å². The zero-order valence-corrected chi connectivity index (χ0v) is 46.0. The Hall–Kier alpha value is -6.78. The summed E-state index contributed by atoms with van der Waals surface area (Å²) in [5.74, 6) is -0.205. The largest absolute Gasteiger partial charge is 2.00 e. The Morgan fingerprint density at radius 2 is 1.21 bits per heavy atom. The zero-order chi connectivity index (χ0) is 51.9. The van der Waals surface area contributed by atoms with Gasteiger partial charge in [0.05, 0.1) is 11.1 Å². The van der Waals surface area contributed by atoms with Crippen molar-refractivity contribution in [2.24, 2.45) is 0 Å². The van der Waals surface area contributed by atoms with E-state index in [-0.39, 0.29) is 43.7 Å². The van der Waals surface area contributed by atoms with Crippen molar-refractivity contribution in [1.29, 1.82) is 0 Å². The summed E-state index contributed by atoms with van der Waals surface area (Å²) in [6.07, 6.45) is 1.86. The van der Waals surface area contributed by atoms with Gasteiger partial charge in [0.1, 0.15) is 23.1 Å². The van der Waals surface area contributed by atoms with Gasteiger partial charge in [-0.05, 0) is 114 Å². The number of aromatic nitrogens is 2. The van der Waals surface area contributed by atoms with Crippen LogP contribution in [0.4, 0.5) is 31.5 Å². The van der Waals surface area contributed by atoms with Crippen molar-refractivity contribution in [3.63, 3.8) is 0 Å². The summed E-state index contributed by atoms with van der Waals surface area (Å²) in [7, 11) is 0. The van der Waals surface area contributed by atoms with Crippen LogP contribution in [0.1, 0.15) is 130 Å². The summed E-state index contributed by atoms with van der Waals surface area (Å²) in [4.78, 5) is 4.86. The first-order valence-electron chi connectivity index (χ1n) is 25.5. The van der Waals surface area contributed by atoms with Crippen molar-refractivity contribution in [3.8, 4) is 39.6 Å². The molecule has 0 saturated heterocycles. The van der Waals surface area contributed by atoms with E-state index in [0.717, 1.165) is 67.4 Å². The molecule has 0 unspecified atom stereocenters. The van der Waals surface area contributed by atoms with E-state index in [1.54, 1.807) is 0 Å². The number of ether oxygens (including phenoxy) is 1. The normalized spacial score (nSPS) is 13.1. The van der Waals surface area contributed by atoms with Gasteiger partial charge in [0.2, 0.25) is 5.69 Å². The van der Waals surface area contributed by atoms with Crippen molar-refractivity contribution < 1.29 is 36.0 Å². The molecular weight excluding hydrogens is 1090 g/mol. The minimum atomic E-state index is -1.04. The quantitative estimate of drug-likeness (QED) is 0.101. The summed E-state index contributed by atoms with van der Waals surface area (Å²) in [6, 6.07) is 54.1. The van der Waals surface area contributed by atoms with Crippen molar-refractivity contribution in [3.05, 3.63) is 191 Å². The Labute approximate surface area is 445 Å². The van der Waals surface area contributed by atoms with Crippen molar-refractivity contribution >= 4 is 50.6 Å². The molecule has 7 aromatic carbocycles. The minimum absolute atomic E-state index is 0. The molecule has 1 aliphatic heterocycles. The van der Waals surface area contributed by atoms with E-state index in [1.807, 2.05) is 83.8 Å². The number of rotatable bonds is 10. The Bertz CT molecular complexity index is 3700. The fourth-order valence-corrected chi connectivity index (χ4v) is 9.65. The molecule has 0 amide bonds. The molecule has 0 saturated carbocycles. The van der Waals surface area contributed by atoms with E-state index in [0.29, 0.717) is 33.9 Å². The molecule has 73 heavy (non-hydrogen) atoms. The molecule has 0 atom stereocenters. The molecular formula is C65H62F2N4OPt+2. The van der Waals surface area contributed by atoms with Gasteiger partial charge in [0.15, 0.2) is 0 Å². The molecule has 0 fully saturated rings. The van der Waals surface area contributed by atoms with Crippen molar-refractivity contribution in [2.45, 2.75) is 112 Å². The summed E-state index contributed by atoms with van der Waals surface area (Å²) in [5.41, 5.74) is 12.6. The standard InChI is InChI=1S/C65H62F2N4O.Pt/c1-39(2)42-25-43(40(3)4)27-45(26-42)56-32-48(65(10,11)12)33-57(46-28-49(66)35-50(67)29-46)63(56)70-38-69(59-19-15-16-20-60(59)70)51-30-44(41(5)6)31-53(36-51)72-52-21-22-55-54-17-13-14-18-58(54)71(61(55)37-52)62-34-47(23-24-68-62)64(7,8)9;/h13-35,39-41H,1-12H3;/q;+2/i41D;. The van der Waals surface area contributed by atoms with Crippen LogP contribution in [0.5, 0.6) is 11.5 Å². The van der Waals surface area contributed by atoms with Crippen LogP contribution in [-0.4, -0.2) is 15.6 Å². The molecule has 0 bridgehead atoms. The average molecular weight is 1150 g/mol. The first-order valence-corrected chi connectivity index (χ1v) is 25.0. The topological polar surface area (TPSA) is 33.1 Å². The van der Waals surface area contributed by atoms with Crippen LogP contribution in [0.3, 0.4) is 0 Å². The third kappa shape index (κ3) is 9.91. The number of pyridine rings is 1. The number of fused-ring (bicyclic) bond motifs is 4. The van der Waals surface area contributed by atoms with Crippen LogP contribution in [0.15, 0.2) is 140 Å². The van der Waals surface area contributed by atoms with Gasteiger partial charge in [0, 0.05) is 42.8 Å². The van der Waals surface area contributed by atoms with Crippen LogP contribution in [0, 0.1) is 23.8 Å². The smallest absolute Gasteiger partial charge is 0.509 e. The van der Waals surface area contributed by atoms with E-state index in [1.165, 1.54) is 28.8 Å². The Balaban J connectivity index is 0.00000672. The minimum Gasteiger partial charge on any atom is -0.509 e. The van der Waals surface area contributed by atoms with Crippen LogP contribution < -0.4 is 13.9 Å². The zero-order valence-electron chi connectivity index (χ0n) is 44.7. The molecule has 0 radical (unpaired) electrons. The molecule has 0 N–H and O–H groups in total. The molecule has 2 aromatic heterocycles. The predicted octanol–water partition coefficient (Wildman–Crippen LogP) is 18.0. The first-order chi connectivity index (χ1) is 34.5. The van der Waals surface area contributed by atoms with Crippen LogP contribution >= 0.6 is 0 Å². The second-order valence-electron chi connectivity index (χ2n) is 22.1. The van der Waals surface area contributed by atoms with Crippen LogP contribution in [-0.2, 0) is 31.9 Å². The van der Waals surface area contributed by atoms with Crippen molar-refractivity contribution in [1.82, 2.24) is 18.7 Å². The number of halogens is 2. The van der Waals surface area contributed by atoms with Gasteiger partial charge in [-0.1, -0.05) is 154 Å². The van der Waals surface area contributed by atoms with Crippen molar-refractivity contribution in [2.75, 3.05) is 0 Å². The van der Waals surface area contributed by atoms with Gasteiger partial charge < -0.3 is 9.30 Å². The molecule has 3 heterocycles. The molecule has 10 rings (SSSR count). The molecule has 0 aliphatic carbocycles. The maximum absolute atomic E-state index is 15.5. The number of para-hydroxylation sites is 3. The molecule has 0 spiro atoms. The third-order valence-electron chi connectivity index (χ3n) is 13.8. The predicted molar refractivity (Wildman–Crippen MR) is 294 cm³/mol. The molecule has 1 aliphatic rings. The van der Waals surface area contributed by atoms with E-state index in [9.17, 15) is 1.37 Å². The second-order valence-corrected chi connectivity index (χ2v) is 22.1. The van der Waals surface area contributed by atoms with Gasteiger partial charge in [-0.2, -0.15) is 6.07 Å². The Kier molecular flexibility index (Phi) is 13.3. The summed E-state index contributed by atoms with van der Waals surface area (Å²) in [5, 5.41) is 2.09. The maximum atomic E-state index is 15.5. The van der Waals surface area contributed by atoms with Gasteiger partial charge in [0.25, 0.3) is 11.4 Å². The van der Waals surface area contributed by atoms with Crippen LogP contribution in [0.25, 0.3) is 49.9 Å². The molecule has 370 valence electrons. The Morgan fingerprint density at radius 3 is 1.82 bits per heavy atom. The summed E-state index contributed by atoms with van der Waals surface area (Å²) in [6.45, 7) is 25.6. The summed E-state index contributed by atoms with van der Waals surface area (Å²) < 4.78 is 53.2. The second kappa shape index (κ2) is 19.6. The number of hydrogen-bond donors (Lipinski definition) is 0. The number of benzene rings is 7. The van der Waals surface area contributed by atoms with E-state index < -0.39 is 17.5 Å². The van der Waals surface area contributed by atoms with Gasteiger partial charge in [-0.15, -0.1) is 29.1 Å². The number of hydrogen-bond acceptors (Lipinski definition) is 2. The first kappa shape index (κ1) is 49.8. The fourth-order valence-electron chi connectivity index (χ4n) is 9.65. The summed E-state index contributed by atoms with van der Waals surface area (Å²) >= 11 is 0. The van der Waals surface area contributed by atoms with Gasteiger partial charge in [-0.25, -0.2) is 13.8 Å². The van der Waals surface area contributed by atoms with Gasteiger partial charge >= 0.3 is 27.1 Å². The molecule has 5 nitrogen and oxygen atoms in total. The SMILES string of the molecule is [2H]C(C)(C)c1cc(Oc2[c-]c3c(cc2)c2ccccc2n3-c2cc(C(C)(C)C)ccn2)[c-]c([N+]2=C=[N+](c3c(-c4cc(F)cc(F)c4)cc(C(C)(C)C)cc3-c3cc(C(C)C)cc(C(C)C)c3)c3ccccc32)c1.[Pt+2]. The Morgan fingerprint density at radius 1 is 0.603 bits per heavy atom.